The zero-order valence-corrected chi connectivity index (χ0v) is 7.59. The van der Waals surface area contributed by atoms with E-state index in [4.69, 9.17) is 10.3 Å². The quantitative estimate of drug-likeness (QED) is 0.399. The van der Waals surface area contributed by atoms with E-state index in [2.05, 4.69) is 4.79 Å². The molecule has 0 saturated heterocycles. The largest absolute Gasteiger partial charge is 0.493 e. The fraction of sp³-hybridized carbons (Fsp3) is 0.200. The second-order valence-electron chi connectivity index (χ2n) is 2.62. The van der Waals surface area contributed by atoms with Crippen LogP contribution in [0.4, 0.5) is 0 Å². The van der Waals surface area contributed by atoms with Gasteiger partial charge < -0.3 is 10.3 Å². The molecular formula is C10H10N2O2. The van der Waals surface area contributed by atoms with Crippen LogP contribution in [0.15, 0.2) is 30.3 Å². The summed E-state index contributed by atoms with van der Waals surface area (Å²) in [7, 11) is 0. The van der Waals surface area contributed by atoms with Crippen molar-refractivity contribution in [1.29, 1.82) is 0 Å². The van der Waals surface area contributed by atoms with Crippen molar-refractivity contribution in [2.24, 2.45) is 0 Å². The summed E-state index contributed by atoms with van der Waals surface area (Å²) in [4.78, 5) is 13.5. The number of hydrogen-bond acceptors (Lipinski definition) is 2. The zero-order chi connectivity index (χ0) is 10.2. The van der Waals surface area contributed by atoms with Crippen LogP contribution in [-0.2, 0) is 4.79 Å². The van der Waals surface area contributed by atoms with Gasteiger partial charge in [0.25, 0.3) is 0 Å². The van der Waals surface area contributed by atoms with Crippen LogP contribution >= 0.6 is 0 Å². The Hall–Kier alpha value is -1.93. The Bertz CT molecular complexity index is 342. The molecule has 0 aliphatic rings. The van der Waals surface area contributed by atoms with Gasteiger partial charge >= 0.3 is 6.21 Å². The van der Waals surface area contributed by atoms with Crippen molar-refractivity contribution in [3.8, 4) is 5.75 Å². The first-order chi connectivity index (χ1) is 6.83. The minimum Gasteiger partial charge on any atom is -0.493 e. The molecule has 0 fully saturated rings. The lowest BCUT2D eigenvalue weighted by Gasteiger charge is -2.02. The topological polar surface area (TPSA) is 62.7 Å². The first-order valence-electron chi connectivity index (χ1n) is 4.21. The summed E-state index contributed by atoms with van der Waals surface area (Å²) in [6.45, 7) is 0.287. The van der Waals surface area contributed by atoms with Gasteiger partial charge in [0.1, 0.15) is 5.75 Å². The second-order valence-corrected chi connectivity index (χ2v) is 2.62. The van der Waals surface area contributed by atoms with E-state index < -0.39 is 0 Å². The van der Waals surface area contributed by atoms with E-state index in [1.54, 1.807) is 0 Å². The number of nitrogens with zero attached hydrogens (tertiary/aromatic N) is 2. The Morgan fingerprint density at radius 1 is 1.43 bits per heavy atom. The molecule has 0 heterocycles. The Morgan fingerprint density at radius 2 is 2.14 bits per heavy atom. The third-order valence-electron chi connectivity index (χ3n) is 1.56. The SMILES string of the molecule is [N-]=[N+]=CC(=O)CCOc1ccccc1. The van der Waals surface area contributed by atoms with E-state index in [-0.39, 0.29) is 18.8 Å². The number of ketones is 1. The lowest BCUT2D eigenvalue weighted by atomic mass is 10.3. The molecule has 4 nitrogen and oxygen atoms in total. The maximum atomic E-state index is 10.8. The van der Waals surface area contributed by atoms with Gasteiger partial charge in [-0.3, -0.25) is 4.79 Å². The van der Waals surface area contributed by atoms with Crippen molar-refractivity contribution in [3.05, 3.63) is 35.9 Å². The molecular weight excluding hydrogens is 180 g/mol. The van der Waals surface area contributed by atoms with Crippen LogP contribution in [-0.4, -0.2) is 23.4 Å². The molecule has 0 aromatic heterocycles. The molecule has 72 valence electrons. The summed E-state index contributed by atoms with van der Waals surface area (Å²) in [5, 5.41) is 0. The van der Waals surface area contributed by atoms with Gasteiger partial charge in [0.2, 0.25) is 5.78 Å². The first-order valence-corrected chi connectivity index (χ1v) is 4.21. The van der Waals surface area contributed by atoms with Crippen LogP contribution in [0, 0.1) is 0 Å². The average molecular weight is 190 g/mol. The van der Waals surface area contributed by atoms with Crippen molar-refractivity contribution < 1.29 is 14.3 Å². The number of ether oxygens (including phenoxy) is 1. The zero-order valence-electron chi connectivity index (χ0n) is 7.59. The number of carbonyl (C=O) groups excluding carboxylic acids is 1. The van der Waals surface area contributed by atoms with Gasteiger partial charge in [0.05, 0.1) is 13.0 Å². The standard InChI is InChI=1S/C10H10N2O2/c11-12-8-9(13)6-7-14-10-4-2-1-3-5-10/h1-5,8H,6-7H2. The normalized spacial score (nSPS) is 8.86. The summed E-state index contributed by atoms with van der Waals surface area (Å²) in [6.07, 6.45) is 1.08. The monoisotopic (exact) mass is 190 g/mol. The van der Waals surface area contributed by atoms with Crippen LogP contribution in [0.5, 0.6) is 5.75 Å². The molecule has 0 saturated carbocycles. The molecule has 0 bridgehead atoms. The number of para-hydroxylation sites is 1. The lowest BCUT2D eigenvalue weighted by molar-refractivity contribution is -0.116. The molecule has 0 unspecified atom stereocenters. The molecule has 0 radical (unpaired) electrons. The summed E-state index contributed by atoms with van der Waals surface area (Å²) in [6, 6.07) is 9.21. The molecule has 0 aliphatic carbocycles. The second kappa shape index (κ2) is 5.67. The number of rotatable bonds is 5. The summed E-state index contributed by atoms with van der Waals surface area (Å²) < 4.78 is 5.26. The summed E-state index contributed by atoms with van der Waals surface area (Å²) in [5.74, 6) is 0.463. The van der Waals surface area contributed by atoms with E-state index >= 15 is 0 Å². The third kappa shape index (κ3) is 3.65. The van der Waals surface area contributed by atoms with E-state index in [9.17, 15) is 4.79 Å². The van der Waals surface area contributed by atoms with Crippen molar-refractivity contribution in [3.63, 3.8) is 0 Å². The van der Waals surface area contributed by atoms with Crippen molar-refractivity contribution >= 4 is 12.0 Å². The summed E-state index contributed by atoms with van der Waals surface area (Å²) in [5.41, 5.74) is 8.06. The Kier molecular flexibility index (Phi) is 4.11. The van der Waals surface area contributed by atoms with E-state index in [0.29, 0.717) is 0 Å². The number of carbonyl (C=O) groups is 1. The van der Waals surface area contributed by atoms with E-state index in [1.165, 1.54) is 0 Å². The van der Waals surface area contributed by atoms with Gasteiger partial charge in [-0.05, 0) is 12.1 Å². The van der Waals surface area contributed by atoms with Gasteiger partial charge in [0, 0.05) is 0 Å². The van der Waals surface area contributed by atoms with Crippen molar-refractivity contribution in [2.75, 3.05) is 6.61 Å². The minimum absolute atomic E-state index is 0.207. The predicted molar refractivity (Wildman–Crippen MR) is 51.2 cm³/mol. The van der Waals surface area contributed by atoms with Gasteiger partial charge in [-0.1, -0.05) is 18.2 Å². The van der Waals surface area contributed by atoms with E-state index in [0.717, 1.165) is 12.0 Å². The van der Waals surface area contributed by atoms with Crippen LogP contribution in [0.1, 0.15) is 6.42 Å². The Balaban J connectivity index is 2.29. The van der Waals surface area contributed by atoms with E-state index in [1.807, 2.05) is 30.3 Å². The molecule has 0 amide bonds. The molecule has 1 rings (SSSR count). The molecule has 4 heteroatoms. The van der Waals surface area contributed by atoms with Crippen LogP contribution in [0.2, 0.25) is 0 Å². The number of hydrogen-bond donors (Lipinski definition) is 0. The lowest BCUT2D eigenvalue weighted by Crippen LogP contribution is -2.07. The smallest absolute Gasteiger partial charge is 0.323 e. The summed E-state index contributed by atoms with van der Waals surface area (Å²) >= 11 is 0. The number of benzene rings is 1. The Labute approximate surface area is 81.7 Å². The van der Waals surface area contributed by atoms with Crippen LogP contribution in [0.3, 0.4) is 0 Å². The molecule has 0 N–H and O–H groups in total. The number of Topliss-reactive ketones (excluding diaryl/α,β-unsaturated/α-hetero) is 1. The minimum atomic E-state index is -0.261. The van der Waals surface area contributed by atoms with Crippen LogP contribution < -0.4 is 4.74 Å². The Morgan fingerprint density at radius 3 is 2.79 bits per heavy atom. The highest BCUT2D eigenvalue weighted by Crippen LogP contribution is 2.08. The van der Waals surface area contributed by atoms with Crippen LogP contribution in [0.25, 0.3) is 5.53 Å². The molecule has 0 atom stereocenters. The van der Waals surface area contributed by atoms with Gasteiger partial charge in [0.15, 0.2) is 0 Å². The molecule has 1 aromatic rings. The van der Waals surface area contributed by atoms with Crippen molar-refractivity contribution in [1.82, 2.24) is 0 Å². The highest BCUT2D eigenvalue weighted by Gasteiger charge is 2.02. The third-order valence-corrected chi connectivity index (χ3v) is 1.56. The van der Waals surface area contributed by atoms with Gasteiger partial charge in [-0.25, -0.2) is 0 Å². The maximum absolute atomic E-state index is 10.8. The maximum Gasteiger partial charge on any atom is 0.323 e. The predicted octanol–water partition coefficient (Wildman–Crippen LogP) is 1.33. The highest BCUT2D eigenvalue weighted by molar-refractivity contribution is 6.25. The molecule has 0 spiro atoms. The van der Waals surface area contributed by atoms with Gasteiger partial charge in [-0.15, -0.1) is 0 Å². The fourth-order valence-corrected chi connectivity index (χ4v) is 0.915. The average Bonchev–Trinajstić information content (AvgIpc) is 2.20. The van der Waals surface area contributed by atoms with Crippen molar-refractivity contribution in [2.45, 2.75) is 6.42 Å². The van der Waals surface area contributed by atoms with Gasteiger partial charge in [-0.2, -0.15) is 4.79 Å². The first kappa shape index (κ1) is 10.2. The molecule has 14 heavy (non-hydrogen) atoms. The highest BCUT2D eigenvalue weighted by atomic mass is 16.5. The fourth-order valence-electron chi connectivity index (χ4n) is 0.915. The molecule has 0 aliphatic heterocycles. The molecule has 1 aromatic carbocycles.